The number of aromatic nitrogens is 2. The second kappa shape index (κ2) is 4.01. The first-order valence-corrected chi connectivity index (χ1v) is 5.63. The highest BCUT2D eigenvalue weighted by Crippen LogP contribution is 2.43. The lowest BCUT2D eigenvalue weighted by Crippen LogP contribution is -2.57. The smallest absolute Gasteiger partial charge is 0.148 e. The number of nitrogens with one attached hydrogen (secondary N) is 1. The van der Waals surface area contributed by atoms with Crippen molar-refractivity contribution < 1.29 is 4.74 Å². The zero-order chi connectivity index (χ0) is 11.8. The quantitative estimate of drug-likeness (QED) is 0.848. The number of ether oxygens (including phenoxy) is 1. The van der Waals surface area contributed by atoms with Gasteiger partial charge in [0.15, 0.2) is 0 Å². The zero-order valence-corrected chi connectivity index (χ0v) is 10.3. The lowest BCUT2D eigenvalue weighted by molar-refractivity contribution is -0.0795. The molecule has 0 aliphatic heterocycles. The monoisotopic (exact) mass is 221 g/mol. The van der Waals surface area contributed by atoms with Crippen molar-refractivity contribution in [2.75, 3.05) is 12.4 Å². The largest absolute Gasteiger partial charge is 0.381 e. The summed E-state index contributed by atoms with van der Waals surface area (Å²) >= 11 is 0. The standard InChI is InChI=1S/C12H19N3O/c1-8-5-6-11(15-14-8)13-9-7-10(16-4)12(9,2)3/h5-6,9-10H,7H2,1-4H3,(H,13,15). The molecule has 1 aliphatic rings. The fourth-order valence-corrected chi connectivity index (χ4v) is 2.18. The predicted octanol–water partition coefficient (Wildman–Crippen LogP) is 2.01. The molecule has 4 heteroatoms. The van der Waals surface area contributed by atoms with Gasteiger partial charge in [0, 0.05) is 18.6 Å². The third-order valence-electron chi connectivity index (χ3n) is 3.58. The predicted molar refractivity (Wildman–Crippen MR) is 63.4 cm³/mol. The Morgan fingerprint density at radius 3 is 2.62 bits per heavy atom. The number of methoxy groups -OCH3 is 1. The molecule has 1 fully saturated rings. The van der Waals surface area contributed by atoms with Crippen LogP contribution in [0.5, 0.6) is 0 Å². The van der Waals surface area contributed by atoms with Crippen molar-refractivity contribution in [1.29, 1.82) is 0 Å². The third kappa shape index (κ3) is 1.89. The van der Waals surface area contributed by atoms with E-state index in [1.165, 1.54) is 0 Å². The Morgan fingerprint density at radius 1 is 1.38 bits per heavy atom. The topological polar surface area (TPSA) is 47.0 Å². The summed E-state index contributed by atoms with van der Waals surface area (Å²) in [6.45, 7) is 6.36. The molecule has 0 saturated heterocycles. The van der Waals surface area contributed by atoms with Crippen LogP contribution in [-0.2, 0) is 4.74 Å². The molecule has 2 unspecified atom stereocenters. The lowest BCUT2D eigenvalue weighted by Gasteiger charge is -2.51. The maximum Gasteiger partial charge on any atom is 0.148 e. The van der Waals surface area contributed by atoms with Gasteiger partial charge in [-0.3, -0.25) is 0 Å². The van der Waals surface area contributed by atoms with Gasteiger partial charge in [-0.1, -0.05) is 13.8 Å². The maximum atomic E-state index is 5.41. The van der Waals surface area contributed by atoms with E-state index in [4.69, 9.17) is 4.74 Å². The zero-order valence-electron chi connectivity index (χ0n) is 10.3. The van der Waals surface area contributed by atoms with E-state index in [0.717, 1.165) is 17.9 Å². The Balaban J connectivity index is 1.99. The molecule has 88 valence electrons. The van der Waals surface area contributed by atoms with Crippen LogP contribution >= 0.6 is 0 Å². The van der Waals surface area contributed by atoms with Gasteiger partial charge in [0.25, 0.3) is 0 Å². The summed E-state index contributed by atoms with van der Waals surface area (Å²) < 4.78 is 5.41. The minimum atomic E-state index is 0.154. The molecule has 0 aromatic carbocycles. The molecule has 2 rings (SSSR count). The number of hydrogen-bond donors (Lipinski definition) is 1. The van der Waals surface area contributed by atoms with E-state index in [9.17, 15) is 0 Å². The third-order valence-corrected chi connectivity index (χ3v) is 3.58. The normalized spacial score (nSPS) is 27.2. The van der Waals surface area contributed by atoms with Crippen LogP contribution < -0.4 is 5.32 Å². The van der Waals surface area contributed by atoms with E-state index in [1.807, 2.05) is 19.1 Å². The van der Waals surface area contributed by atoms with E-state index in [-0.39, 0.29) is 5.41 Å². The number of aryl methyl sites for hydroxylation is 1. The van der Waals surface area contributed by atoms with Crippen LogP contribution in [0.3, 0.4) is 0 Å². The Labute approximate surface area is 96.4 Å². The van der Waals surface area contributed by atoms with Crippen molar-refractivity contribution in [1.82, 2.24) is 10.2 Å². The van der Waals surface area contributed by atoms with E-state index in [1.54, 1.807) is 7.11 Å². The number of rotatable bonds is 3. The van der Waals surface area contributed by atoms with Gasteiger partial charge in [-0.05, 0) is 25.5 Å². The summed E-state index contributed by atoms with van der Waals surface area (Å²) in [6, 6.07) is 4.35. The highest BCUT2D eigenvalue weighted by Gasteiger charge is 2.48. The molecule has 1 aromatic heterocycles. The second-order valence-electron chi connectivity index (χ2n) is 5.04. The first kappa shape index (κ1) is 11.3. The van der Waals surface area contributed by atoms with Crippen molar-refractivity contribution in [3.8, 4) is 0 Å². The summed E-state index contributed by atoms with van der Waals surface area (Å²) in [5.74, 6) is 0.846. The van der Waals surface area contributed by atoms with E-state index < -0.39 is 0 Å². The molecule has 1 saturated carbocycles. The van der Waals surface area contributed by atoms with Gasteiger partial charge >= 0.3 is 0 Å². The Bertz CT molecular complexity index is 361. The summed E-state index contributed by atoms with van der Waals surface area (Å²) in [4.78, 5) is 0. The summed E-state index contributed by atoms with van der Waals surface area (Å²) in [5.41, 5.74) is 1.09. The molecule has 0 amide bonds. The minimum Gasteiger partial charge on any atom is -0.381 e. The highest BCUT2D eigenvalue weighted by atomic mass is 16.5. The van der Waals surface area contributed by atoms with Gasteiger partial charge < -0.3 is 10.1 Å². The van der Waals surface area contributed by atoms with Crippen molar-refractivity contribution in [3.05, 3.63) is 17.8 Å². The fraction of sp³-hybridized carbons (Fsp3) is 0.667. The number of hydrogen-bond acceptors (Lipinski definition) is 4. The van der Waals surface area contributed by atoms with E-state index >= 15 is 0 Å². The molecule has 2 atom stereocenters. The van der Waals surface area contributed by atoms with Gasteiger partial charge in [0.1, 0.15) is 5.82 Å². The molecule has 1 heterocycles. The van der Waals surface area contributed by atoms with Crippen LogP contribution in [0.4, 0.5) is 5.82 Å². The average Bonchev–Trinajstić information content (AvgIpc) is 2.26. The molecule has 0 bridgehead atoms. The Kier molecular flexibility index (Phi) is 2.84. The molecular weight excluding hydrogens is 202 g/mol. The summed E-state index contributed by atoms with van der Waals surface area (Å²) in [6.07, 6.45) is 1.36. The second-order valence-corrected chi connectivity index (χ2v) is 5.04. The molecule has 16 heavy (non-hydrogen) atoms. The first-order valence-electron chi connectivity index (χ1n) is 5.63. The molecule has 4 nitrogen and oxygen atoms in total. The van der Waals surface area contributed by atoms with Crippen molar-refractivity contribution in [2.24, 2.45) is 5.41 Å². The SMILES string of the molecule is COC1CC(Nc2ccc(C)nn2)C1(C)C. The number of nitrogens with zero attached hydrogens (tertiary/aromatic N) is 2. The van der Waals surface area contributed by atoms with Crippen molar-refractivity contribution >= 4 is 5.82 Å². The van der Waals surface area contributed by atoms with Crippen LogP contribution in [0, 0.1) is 12.3 Å². The van der Waals surface area contributed by atoms with E-state index in [0.29, 0.717) is 12.1 Å². The first-order chi connectivity index (χ1) is 7.54. The van der Waals surface area contributed by atoms with Crippen LogP contribution in [0.1, 0.15) is 26.0 Å². The fourth-order valence-electron chi connectivity index (χ4n) is 2.18. The molecular formula is C12H19N3O. The molecule has 1 aliphatic carbocycles. The van der Waals surface area contributed by atoms with Crippen molar-refractivity contribution in [2.45, 2.75) is 39.3 Å². The molecule has 0 spiro atoms. The van der Waals surface area contributed by atoms with Crippen LogP contribution in [0.15, 0.2) is 12.1 Å². The van der Waals surface area contributed by atoms with Crippen LogP contribution in [0.25, 0.3) is 0 Å². The van der Waals surface area contributed by atoms with Gasteiger partial charge in [-0.25, -0.2) is 0 Å². The van der Waals surface area contributed by atoms with Gasteiger partial charge in [0.05, 0.1) is 11.8 Å². The van der Waals surface area contributed by atoms with Gasteiger partial charge in [-0.15, -0.1) is 5.10 Å². The van der Waals surface area contributed by atoms with Crippen LogP contribution in [0.2, 0.25) is 0 Å². The molecule has 1 N–H and O–H groups in total. The lowest BCUT2D eigenvalue weighted by atomic mass is 9.64. The highest BCUT2D eigenvalue weighted by molar-refractivity contribution is 5.36. The minimum absolute atomic E-state index is 0.154. The summed E-state index contributed by atoms with van der Waals surface area (Å²) in [7, 11) is 1.77. The van der Waals surface area contributed by atoms with Crippen LogP contribution in [-0.4, -0.2) is 29.5 Å². The molecule has 0 radical (unpaired) electrons. The van der Waals surface area contributed by atoms with Crippen molar-refractivity contribution in [3.63, 3.8) is 0 Å². The average molecular weight is 221 g/mol. The Morgan fingerprint density at radius 2 is 2.12 bits per heavy atom. The van der Waals surface area contributed by atoms with E-state index in [2.05, 4.69) is 29.4 Å². The summed E-state index contributed by atoms with van der Waals surface area (Å²) in [5, 5.41) is 11.6. The Hall–Kier alpha value is -1.16. The molecule has 1 aromatic rings. The van der Waals surface area contributed by atoms with Gasteiger partial charge in [0.2, 0.25) is 0 Å². The maximum absolute atomic E-state index is 5.41. The van der Waals surface area contributed by atoms with Gasteiger partial charge in [-0.2, -0.15) is 5.10 Å². The number of anilines is 1.